The van der Waals surface area contributed by atoms with Crippen LogP contribution >= 0.6 is 0 Å². The lowest BCUT2D eigenvalue weighted by atomic mass is 10.0. The summed E-state index contributed by atoms with van der Waals surface area (Å²) in [5, 5.41) is 12.1. The summed E-state index contributed by atoms with van der Waals surface area (Å²) in [6, 6.07) is 14.4. The number of rotatable bonds is 6. The summed E-state index contributed by atoms with van der Waals surface area (Å²) in [5.74, 6) is -0.160. The molecule has 2 amide bonds. The van der Waals surface area contributed by atoms with Gasteiger partial charge in [0, 0.05) is 12.2 Å². The Morgan fingerprint density at radius 3 is 2.69 bits per heavy atom. The zero-order valence-electron chi connectivity index (χ0n) is 14.3. The Kier molecular flexibility index (Phi) is 4.39. The molecule has 0 atom stereocenters. The minimum absolute atomic E-state index is 0.0513. The summed E-state index contributed by atoms with van der Waals surface area (Å²) >= 11 is 0. The van der Waals surface area contributed by atoms with E-state index in [9.17, 15) is 9.59 Å². The van der Waals surface area contributed by atoms with Crippen LogP contribution in [0.15, 0.2) is 54.9 Å². The van der Waals surface area contributed by atoms with Crippen molar-refractivity contribution in [2.45, 2.75) is 31.8 Å². The van der Waals surface area contributed by atoms with E-state index in [0.29, 0.717) is 11.7 Å². The molecule has 0 radical (unpaired) electrons. The van der Waals surface area contributed by atoms with Crippen molar-refractivity contribution >= 4 is 28.3 Å². The van der Waals surface area contributed by atoms with Crippen LogP contribution in [0.4, 0.5) is 5.69 Å². The number of carbonyl (C=O) groups excluding carboxylic acids is 2. The van der Waals surface area contributed by atoms with E-state index in [4.69, 9.17) is 0 Å². The van der Waals surface area contributed by atoms with Crippen molar-refractivity contribution < 1.29 is 9.59 Å². The molecule has 1 fully saturated rings. The smallest absolute Gasteiger partial charge is 0.241 e. The maximum atomic E-state index is 12.3. The van der Waals surface area contributed by atoms with Gasteiger partial charge in [-0.05, 0) is 29.2 Å². The molecule has 2 aromatic carbocycles. The van der Waals surface area contributed by atoms with Gasteiger partial charge in [-0.25, -0.2) is 0 Å². The third-order valence-corrected chi connectivity index (χ3v) is 4.34. The van der Waals surface area contributed by atoms with Crippen LogP contribution in [0, 0.1) is 0 Å². The predicted octanol–water partition coefficient (Wildman–Crippen LogP) is 2.50. The Morgan fingerprint density at radius 2 is 1.88 bits per heavy atom. The zero-order valence-corrected chi connectivity index (χ0v) is 14.3. The van der Waals surface area contributed by atoms with Crippen LogP contribution in [0.3, 0.4) is 0 Å². The molecule has 1 saturated carbocycles. The van der Waals surface area contributed by atoms with E-state index in [1.54, 1.807) is 12.4 Å². The molecule has 4 rings (SSSR count). The molecule has 0 saturated heterocycles. The quantitative estimate of drug-likeness (QED) is 0.719. The Hall–Kier alpha value is -3.15. The van der Waals surface area contributed by atoms with E-state index in [2.05, 4.69) is 15.7 Å². The number of fused-ring (bicyclic) bond motifs is 1. The first-order valence-electron chi connectivity index (χ1n) is 8.75. The van der Waals surface area contributed by atoms with E-state index in [1.165, 1.54) is 4.68 Å². The van der Waals surface area contributed by atoms with Crippen LogP contribution in [0.25, 0.3) is 10.8 Å². The number of benzene rings is 2. The first kappa shape index (κ1) is 16.3. The maximum absolute atomic E-state index is 12.3. The standard InChI is InChI=1S/C20H20N4O2/c25-19(10-14-5-6-15-3-1-2-4-16(15)9-14)23-18-11-21-24(12-18)13-20(26)22-17-7-8-17/h1-6,9,11-12,17H,7-8,10,13H2,(H,22,26)(H,23,25). The van der Waals surface area contributed by atoms with E-state index in [1.807, 2.05) is 42.5 Å². The number of aromatic nitrogens is 2. The van der Waals surface area contributed by atoms with Gasteiger partial charge >= 0.3 is 0 Å². The molecule has 0 aliphatic heterocycles. The molecule has 26 heavy (non-hydrogen) atoms. The normalized spacial score (nSPS) is 13.5. The molecule has 6 nitrogen and oxygen atoms in total. The topological polar surface area (TPSA) is 76.0 Å². The van der Waals surface area contributed by atoms with Crippen LogP contribution in [-0.4, -0.2) is 27.6 Å². The van der Waals surface area contributed by atoms with E-state index in [0.717, 1.165) is 29.2 Å². The van der Waals surface area contributed by atoms with Gasteiger partial charge in [0.15, 0.2) is 0 Å². The summed E-state index contributed by atoms with van der Waals surface area (Å²) < 4.78 is 1.53. The second kappa shape index (κ2) is 7.00. The third-order valence-electron chi connectivity index (χ3n) is 4.34. The maximum Gasteiger partial charge on any atom is 0.241 e. The van der Waals surface area contributed by atoms with Crippen LogP contribution < -0.4 is 10.6 Å². The highest BCUT2D eigenvalue weighted by Crippen LogP contribution is 2.18. The van der Waals surface area contributed by atoms with Crippen LogP contribution in [0.2, 0.25) is 0 Å². The van der Waals surface area contributed by atoms with Crippen LogP contribution in [0.1, 0.15) is 18.4 Å². The molecule has 132 valence electrons. The fourth-order valence-electron chi connectivity index (χ4n) is 2.90. The van der Waals surface area contributed by atoms with Crippen molar-refractivity contribution in [3.63, 3.8) is 0 Å². The first-order chi connectivity index (χ1) is 12.7. The summed E-state index contributed by atoms with van der Waals surface area (Å²) in [7, 11) is 0. The summed E-state index contributed by atoms with van der Waals surface area (Å²) in [5.41, 5.74) is 1.55. The first-order valence-corrected chi connectivity index (χ1v) is 8.75. The largest absolute Gasteiger partial charge is 0.352 e. The van der Waals surface area contributed by atoms with Crippen molar-refractivity contribution in [2.75, 3.05) is 5.32 Å². The minimum atomic E-state index is -0.109. The van der Waals surface area contributed by atoms with E-state index in [-0.39, 0.29) is 24.8 Å². The molecule has 0 bridgehead atoms. The molecule has 1 aliphatic carbocycles. The van der Waals surface area contributed by atoms with E-state index < -0.39 is 0 Å². The molecule has 0 unspecified atom stereocenters. The number of nitrogens with one attached hydrogen (secondary N) is 2. The lowest BCUT2D eigenvalue weighted by Crippen LogP contribution is -2.29. The summed E-state index contributed by atoms with van der Waals surface area (Å²) in [6.45, 7) is 0.164. The summed E-state index contributed by atoms with van der Waals surface area (Å²) in [4.78, 5) is 24.1. The van der Waals surface area contributed by atoms with Crippen molar-refractivity contribution in [3.8, 4) is 0 Å². The number of anilines is 1. The molecule has 6 heteroatoms. The SMILES string of the molecule is O=C(Cc1ccc2ccccc2c1)Nc1cnn(CC(=O)NC2CC2)c1. The highest BCUT2D eigenvalue weighted by atomic mass is 16.2. The molecule has 2 N–H and O–H groups in total. The Balaban J connectivity index is 1.34. The molecular formula is C20H20N4O2. The molecule has 0 spiro atoms. The highest BCUT2D eigenvalue weighted by Gasteiger charge is 2.23. The van der Waals surface area contributed by atoms with Gasteiger partial charge in [-0.2, -0.15) is 5.10 Å². The average molecular weight is 348 g/mol. The molecule has 3 aromatic rings. The van der Waals surface area contributed by atoms with Gasteiger partial charge in [0.05, 0.1) is 18.3 Å². The van der Waals surface area contributed by atoms with Gasteiger partial charge in [-0.15, -0.1) is 0 Å². The Bertz CT molecular complexity index is 959. The van der Waals surface area contributed by atoms with Gasteiger partial charge in [0.1, 0.15) is 6.54 Å². The van der Waals surface area contributed by atoms with E-state index >= 15 is 0 Å². The number of amides is 2. The number of hydrogen-bond acceptors (Lipinski definition) is 3. The van der Waals surface area contributed by atoms with Crippen molar-refractivity contribution in [1.29, 1.82) is 0 Å². The molecular weight excluding hydrogens is 328 g/mol. The monoisotopic (exact) mass is 348 g/mol. The fourth-order valence-corrected chi connectivity index (χ4v) is 2.90. The Labute approximate surface area is 151 Å². The molecule has 1 aromatic heterocycles. The predicted molar refractivity (Wildman–Crippen MR) is 99.7 cm³/mol. The number of nitrogens with zero attached hydrogens (tertiary/aromatic N) is 2. The van der Waals surface area contributed by atoms with Gasteiger partial charge in [0.2, 0.25) is 11.8 Å². The highest BCUT2D eigenvalue weighted by molar-refractivity contribution is 5.93. The van der Waals surface area contributed by atoms with Gasteiger partial charge < -0.3 is 10.6 Å². The van der Waals surface area contributed by atoms with Gasteiger partial charge in [0.25, 0.3) is 0 Å². The van der Waals surface area contributed by atoms with Crippen molar-refractivity contribution in [3.05, 3.63) is 60.4 Å². The van der Waals surface area contributed by atoms with Gasteiger partial charge in [-0.1, -0.05) is 42.5 Å². The zero-order chi connectivity index (χ0) is 17.9. The van der Waals surface area contributed by atoms with Crippen molar-refractivity contribution in [1.82, 2.24) is 15.1 Å². The second-order valence-electron chi connectivity index (χ2n) is 6.67. The minimum Gasteiger partial charge on any atom is -0.352 e. The van der Waals surface area contributed by atoms with Gasteiger partial charge in [-0.3, -0.25) is 14.3 Å². The number of hydrogen-bond donors (Lipinski definition) is 2. The third kappa shape index (κ3) is 4.08. The second-order valence-corrected chi connectivity index (χ2v) is 6.67. The van der Waals surface area contributed by atoms with Crippen LogP contribution in [0.5, 0.6) is 0 Å². The number of carbonyl (C=O) groups is 2. The lowest BCUT2D eigenvalue weighted by molar-refractivity contribution is -0.122. The van der Waals surface area contributed by atoms with Crippen LogP contribution in [-0.2, 0) is 22.6 Å². The Morgan fingerprint density at radius 1 is 1.08 bits per heavy atom. The lowest BCUT2D eigenvalue weighted by Gasteiger charge is -2.05. The average Bonchev–Trinajstić information content (AvgIpc) is 3.33. The fraction of sp³-hybridized carbons (Fsp3) is 0.250. The molecule has 1 heterocycles. The van der Waals surface area contributed by atoms with Crippen molar-refractivity contribution in [2.24, 2.45) is 0 Å². The molecule has 1 aliphatic rings. The summed E-state index contributed by atoms with van der Waals surface area (Å²) in [6.07, 6.45) is 5.63.